The lowest BCUT2D eigenvalue weighted by Crippen LogP contribution is -2.25. The molecule has 0 aliphatic heterocycles. The maximum atomic E-state index is 13.5. The Kier molecular flexibility index (Phi) is 6.16. The normalized spacial score (nSPS) is 15.3. The number of hydrogen-bond donors (Lipinski definition) is 0. The zero-order valence-electron chi connectivity index (χ0n) is 20.3. The van der Waals surface area contributed by atoms with Crippen molar-refractivity contribution in [2.24, 2.45) is 11.8 Å². The van der Waals surface area contributed by atoms with Crippen LogP contribution in [0.1, 0.15) is 52.2 Å². The number of hydrogen-bond acceptors (Lipinski definition) is 4. The molecule has 3 aromatic carbocycles. The number of aromatic nitrogens is 1. The Morgan fingerprint density at radius 1 is 0.971 bits per heavy atom. The lowest BCUT2D eigenvalue weighted by Gasteiger charge is -2.26. The van der Waals surface area contributed by atoms with Crippen LogP contribution >= 0.6 is 0 Å². The Morgan fingerprint density at radius 3 is 2.46 bits per heavy atom. The molecule has 1 aliphatic carbocycles. The van der Waals surface area contributed by atoms with E-state index in [1.807, 2.05) is 66.7 Å². The topological polar surface area (TPSA) is 57.5 Å². The first kappa shape index (κ1) is 22.9. The number of carbonyl (C=O) groups excluding carboxylic acids is 2. The number of rotatable bonds is 6. The molecule has 1 atom stereocenters. The average Bonchev–Trinajstić information content (AvgIpc) is 3.19. The molecule has 35 heavy (non-hydrogen) atoms. The molecule has 0 fully saturated rings. The van der Waals surface area contributed by atoms with E-state index < -0.39 is 5.97 Å². The van der Waals surface area contributed by atoms with E-state index in [1.54, 1.807) is 6.07 Å². The third kappa shape index (κ3) is 4.23. The van der Waals surface area contributed by atoms with Crippen molar-refractivity contribution >= 4 is 22.7 Å². The summed E-state index contributed by atoms with van der Waals surface area (Å²) >= 11 is 0. The van der Waals surface area contributed by atoms with E-state index >= 15 is 0 Å². The quantitative estimate of drug-likeness (QED) is 0.297. The summed E-state index contributed by atoms with van der Waals surface area (Å²) in [6, 6.07) is 23.2. The van der Waals surface area contributed by atoms with Gasteiger partial charge < -0.3 is 14.0 Å². The van der Waals surface area contributed by atoms with Crippen LogP contribution in [0.3, 0.4) is 0 Å². The zero-order valence-corrected chi connectivity index (χ0v) is 20.3. The molecule has 0 bridgehead atoms. The summed E-state index contributed by atoms with van der Waals surface area (Å²) in [4.78, 5) is 26.1. The lowest BCUT2D eigenvalue weighted by atomic mass is 9.79. The van der Waals surface area contributed by atoms with Crippen LogP contribution in [-0.2, 0) is 17.7 Å². The molecule has 1 aliphatic rings. The van der Waals surface area contributed by atoms with Crippen molar-refractivity contribution in [2.75, 3.05) is 7.11 Å². The standard InChI is InChI=1S/C30H29NO4/c1-19(2)21-16-25-29(26(32)17-21)28-23(30(33)34-3)13-9-14-24(28)31(25)18-20-10-7-8-15-27(20)35-22-11-5-4-6-12-22/h4-15,19,21H,16-18H2,1-3H3. The van der Waals surface area contributed by atoms with Gasteiger partial charge in [-0.1, -0.05) is 56.3 Å². The maximum absolute atomic E-state index is 13.5. The highest BCUT2D eigenvalue weighted by Crippen LogP contribution is 2.39. The van der Waals surface area contributed by atoms with Crippen LogP contribution < -0.4 is 4.74 Å². The van der Waals surface area contributed by atoms with E-state index in [2.05, 4.69) is 18.4 Å². The van der Waals surface area contributed by atoms with Crippen LogP contribution in [0.25, 0.3) is 10.9 Å². The first-order valence-corrected chi connectivity index (χ1v) is 12.0. The molecule has 178 valence electrons. The fourth-order valence-corrected chi connectivity index (χ4v) is 5.08. The molecule has 5 nitrogen and oxygen atoms in total. The van der Waals surface area contributed by atoms with Gasteiger partial charge in [-0.15, -0.1) is 0 Å². The molecule has 0 N–H and O–H groups in total. The molecule has 0 radical (unpaired) electrons. The highest BCUT2D eigenvalue weighted by Gasteiger charge is 2.34. The summed E-state index contributed by atoms with van der Waals surface area (Å²) in [6.07, 6.45) is 1.28. The summed E-state index contributed by atoms with van der Waals surface area (Å²) in [5.41, 5.74) is 3.95. The molecule has 0 amide bonds. The molecule has 5 heteroatoms. The van der Waals surface area contributed by atoms with Crippen molar-refractivity contribution in [2.45, 2.75) is 33.2 Å². The van der Waals surface area contributed by atoms with Crippen LogP contribution in [0.5, 0.6) is 11.5 Å². The third-order valence-electron chi connectivity index (χ3n) is 7.00. The fraction of sp³-hybridized carbons (Fsp3) is 0.267. The van der Waals surface area contributed by atoms with Gasteiger partial charge in [0.25, 0.3) is 0 Å². The Morgan fingerprint density at radius 2 is 1.71 bits per heavy atom. The molecule has 5 rings (SSSR count). The first-order valence-electron chi connectivity index (χ1n) is 12.0. The van der Waals surface area contributed by atoms with E-state index in [9.17, 15) is 9.59 Å². The average molecular weight is 468 g/mol. The second-order valence-corrected chi connectivity index (χ2v) is 9.46. The minimum atomic E-state index is -0.429. The van der Waals surface area contributed by atoms with E-state index in [-0.39, 0.29) is 11.7 Å². The largest absolute Gasteiger partial charge is 0.465 e. The number of para-hydroxylation sites is 2. The summed E-state index contributed by atoms with van der Waals surface area (Å²) in [6.45, 7) is 4.86. The monoisotopic (exact) mass is 467 g/mol. The second kappa shape index (κ2) is 9.41. The number of methoxy groups -OCH3 is 1. The molecule has 1 unspecified atom stereocenters. The summed E-state index contributed by atoms with van der Waals surface area (Å²) in [5.74, 6) is 1.84. The van der Waals surface area contributed by atoms with Crippen LogP contribution in [0.15, 0.2) is 72.8 Å². The van der Waals surface area contributed by atoms with Crippen molar-refractivity contribution in [3.63, 3.8) is 0 Å². The number of nitrogens with zero attached hydrogens (tertiary/aromatic N) is 1. The summed E-state index contributed by atoms with van der Waals surface area (Å²) in [5, 5.41) is 0.697. The lowest BCUT2D eigenvalue weighted by molar-refractivity contribution is 0.0603. The molecule has 0 saturated carbocycles. The maximum Gasteiger partial charge on any atom is 0.338 e. The zero-order chi connectivity index (χ0) is 24.5. The van der Waals surface area contributed by atoms with Crippen LogP contribution in [-0.4, -0.2) is 23.4 Å². The number of carbonyl (C=O) groups is 2. The first-order chi connectivity index (χ1) is 17.0. The van der Waals surface area contributed by atoms with Crippen LogP contribution in [0.2, 0.25) is 0 Å². The smallest absolute Gasteiger partial charge is 0.338 e. The van der Waals surface area contributed by atoms with Gasteiger partial charge in [0, 0.05) is 28.6 Å². The van der Waals surface area contributed by atoms with Crippen molar-refractivity contribution in [1.29, 1.82) is 0 Å². The Bertz CT molecular complexity index is 1400. The van der Waals surface area contributed by atoms with E-state index in [0.29, 0.717) is 35.4 Å². The SMILES string of the molecule is COC(=O)c1cccc2c1c1c(n2Cc2ccccc2Oc2ccccc2)CC(C(C)C)CC1=O. The number of ether oxygens (including phenoxy) is 2. The highest BCUT2D eigenvalue weighted by molar-refractivity contribution is 6.16. The van der Waals surface area contributed by atoms with Crippen LogP contribution in [0, 0.1) is 11.8 Å². The molecule has 0 spiro atoms. The Labute approximate surface area is 205 Å². The van der Waals surface area contributed by atoms with Gasteiger partial charge in [-0.05, 0) is 48.6 Å². The highest BCUT2D eigenvalue weighted by atomic mass is 16.5. The Balaban J connectivity index is 1.67. The summed E-state index contributed by atoms with van der Waals surface area (Å²) < 4.78 is 13.5. The molecule has 4 aromatic rings. The molecule has 1 aromatic heterocycles. The minimum Gasteiger partial charge on any atom is -0.465 e. The van der Waals surface area contributed by atoms with E-state index in [1.165, 1.54) is 7.11 Å². The summed E-state index contributed by atoms with van der Waals surface area (Å²) in [7, 11) is 1.37. The van der Waals surface area contributed by atoms with Crippen molar-refractivity contribution in [3.8, 4) is 11.5 Å². The van der Waals surface area contributed by atoms with Crippen molar-refractivity contribution in [3.05, 3.63) is 95.2 Å². The minimum absolute atomic E-state index is 0.0962. The van der Waals surface area contributed by atoms with Crippen molar-refractivity contribution < 1.29 is 19.1 Å². The van der Waals surface area contributed by atoms with Gasteiger partial charge in [-0.2, -0.15) is 0 Å². The number of benzene rings is 3. The van der Waals surface area contributed by atoms with Gasteiger partial charge in [-0.25, -0.2) is 4.79 Å². The molecular formula is C30H29NO4. The van der Waals surface area contributed by atoms with E-state index in [4.69, 9.17) is 9.47 Å². The van der Waals surface area contributed by atoms with Gasteiger partial charge in [0.1, 0.15) is 11.5 Å². The predicted octanol–water partition coefficient (Wildman–Crippen LogP) is 6.67. The van der Waals surface area contributed by atoms with Crippen molar-refractivity contribution in [1.82, 2.24) is 4.57 Å². The van der Waals surface area contributed by atoms with Crippen LogP contribution in [0.4, 0.5) is 0 Å². The number of esters is 1. The van der Waals surface area contributed by atoms with Gasteiger partial charge >= 0.3 is 5.97 Å². The Hall–Kier alpha value is -3.86. The molecule has 0 saturated heterocycles. The third-order valence-corrected chi connectivity index (χ3v) is 7.00. The van der Waals surface area contributed by atoms with Gasteiger partial charge in [0.15, 0.2) is 5.78 Å². The number of fused-ring (bicyclic) bond motifs is 3. The second-order valence-electron chi connectivity index (χ2n) is 9.46. The van der Waals surface area contributed by atoms with Gasteiger partial charge in [0.2, 0.25) is 0 Å². The molecular weight excluding hydrogens is 438 g/mol. The van der Waals surface area contributed by atoms with E-state index in [0.717, 1.165) is 34.7 Å². The predicted molar refractivity (Wildman–Crippen MR) is 136 cm³/mol. The van der Waals surface area contributed by atoms with Gasteiger partial charge in [-0.3, -0.25) is 4.79 Å². The molecule has 1 heterocycles. The fourth-order valence-electron chi connectivity index (χ4n) is 5.08. The number of Topliss-reactive ketones (excluding diaryl/α,β-unsaturated/α-hetero) is 1. The van der Waals surface area contributed by atoms with Gasteiger partial charge in [0.05, 0.1) is 24.7 Å². The number of ketones is 1.